The third-order valence-corrected chi connectivity index (χ3v) is 2.60. The van der Waals surface area contributed by atoms with Crippen LogP contribution in [0.4, 0.5) is 0 Å². The van der Waals surface area contributed by atoms with Gasteiger partial charge in [0.2, 0.25) is 0 Å². The molecule has 0 fully saturated rings. The summed E-state index contributed by atoms with van der Waals surface area (Å²) >= 11 is 0. The first kappa shape index (κ1) is 10.7. The van der Waals surface area contributed by atoms with Crippen molar-refractivity contribution in [2.45, 2.75) is 25.7 Å². The summed E-state index contributed by atoms with van der Waals surface area (Å²) in [7, 11) is 0. The average molecular weight is 214 g/mol. The number of aromatic nitrogens is 4. The molecule has 1 aromatic heterocycles. The van der Waals surface area contributed by atoms with Crippen molar-refractivity contribution < 1.29 is 0 Å². The summed E-state index contributed by atoms with van der Waals surface area (Å²) < 4.78 is 0. The number of nitrogens with zero attached hydrogens (tertiary/aromatic N) is 4. The molecule has 0 unspecified atom stereocenters. The highest BCUT2D eigenvalue weighted by Crippen LogP contribution is 2.19. The van der Waals surface area contributed by atoms with E-state index >= 15 is 0 Å². The van der Waals surface area contributed by atoms with Gasteiger partial charge in [-0.15, -0.1) is 10.2 Å². The lowest BCUT2D eigenvalue weighted by molar-refractivity contribution is 0.685. The highest BCUT2D eigenvalue weighted by molar-refractivity contribution is 5.28. The Kier molecular flexibility index (Phi) is 3.94. The number of hydrogen-bond acceptors (Lipinski definition) is 4. The topological polar surface area (TPSA) is 51.6 Å². The molecule has 1 aromatic carbocycles. The zero-order valence-corrected chi connectivity index (χ0v) is 9.08. The molecule has 2 aromatic rings. The van der Waals surface area contributed by atoms with E-state index in [2.05, 4.69) is 44.9 Å². The lowest BCUT2D eigenvalue weighted by Gasteiger charge is -2.13. The molecule has 82 valence electrons. The zero-order valence-electron chi connectivity index (χ0n) is 9.08. The number of hydrogen-bond donors (Lipinski definition) is 0. The minimum Gasteiger partial charge on any atom is -0.136 e. The maximum Gasteiger partial charge on any atom is 0.0716 e. The molecular weight excluding hydrogens is 200 g/mol. The van der Waals surface area contributed by atoms with Crippen molar-refractivity contribution in [3.05, 3.63) is 47.8 Å². The molecule has 1 heterocycles. The number of aryl methyl sites for hydroxylation is 2. The second-order valence-corrected chi connectivity index (χ2v) is 3.68. The summed E-state index contributed by atoms with van der Waals surface area (Å²) in [6, 6.07) is 8.80. The van der Waals surface area contributed by atoms with E-state index < -0.39 is 0 Å². The molecule has 0 saturated heterocycles. The Balaban J connectivity index is 0.000000138. The highest BCUT2D eigenvalue weighted by atomic mass is 15.4. The normalized spacial score (nSPS) is 13.2. The molecule has 0 radical (unpaired) electrons. The van der Waals surface area contributed by atoms with Gasteiger partial charge in [0, 0.05) is 0 Å². The van der Waals surface area contributed by atoms with Crippen LogP contribution in [0, 0.1) is 0 Å². The minimum atomic E-state index is 1.30. The van der Waals surface area contributed by atoms with Crippen LogP contribution in [0.2, 0.25) is 0 Å². The first-order valence-electron chi connectivity index (χ1n) is 5.48. The van der Waals surface area contributed by atoms with Crippen molar-refractivity contribution >= 4 is 0 Å². The largest absolute Gasteiger partial charge is 0.136 e. The Bertz CT molecular complexity index is 365. The van der Waals surface area contributed by atoms with Crippen molar-refractivity contribution in [1.82, 2.24) is 20.6 Å². The summed E-state index contributed by atoms with van der Waals surface area (Å²) in [5.41, 5.74) is 3.16. The Hall–Kier alpha value is -1.84. The predicted octanol–water partition coefficient (Wildman–Crippen LogP) is 1.83. The number of benzene rings is 1. The van der Waals surface area contributed by atoms with Crippen LogP contribution in [0.1, 0.15) is 24.0 Å². The summed E-state index contributed by atoms with van der Waals surface area (Å²) in [6.07, 6.45) is 8.31. The van der Waals surface area contributed by atoms with E-state index in [1.54, 1.807) is 11.1 Å². The summed E-state index contributed by atoms with van der Waals surface area (Å²) in [5, 5.41) is 13.1. The van der Waals surface area contributed by atoms with Crippen LogP contribution in [0.15, 0.2) is 36.7 Å². The quantitative estimate of drug-likeness (QED) is 0.671. The molecule has 0 N–H and O–H groups in total. The predicted molar refractivity (Wildman–Crippen MR) is 60.7 cm³/mol. The summed E-state index contributed by atoms with van der Waals surface area (Å²) in [4.78, 5) is 0. The van der Waals surface area contributed by atoms with Crippen molar-refractivity contribution in [2.24, 2.45) is 0 Å². The van der Waals surface area contributed by atoms with Crippen LogP contribution in [-0.4, -0.2) is 20.6 Å². The summed E-state index contributed by atoms with van der Waals surface area (Å²) in [5.74, 6) is 0. The van der Waals surface area contributed by atoms with Crippen molar-refractivity contribution in [2.75, 3.05) is 0 Å². The van der Waals surface area contributed by atoms with Crippen molar-refractivity contribution in [3.8, 4) is 0 Å². The maximum absolute atomic E-state index is 3.36. The number of fused-ring (bicyclic) bond motifs is 1. The third kappa shape index (κ3) is 3.08. The number of rotatable bonds is 0. The first-order chi connectivity index (χ1) is 7.97. The second kappa shape index (κ2) is 5.90. The van der Waals surface area contributed by atoms with Crippen LogP contribution >= 0.6 is 0 Å². The van der Waals surface area contributed by atoms with E-state index in [-0.39, 0.29) is 0 Å². The molecule has 0 saturated carbocycles. The molecule has 0 spiro atoms. The van der Waals surface area contributed by atoms with Crippen LogP contribution in [0.25, 0.3) is 0 Å². The van der Waals surface area contributed by atoms with E-state index in [1.165, 1.54) is 38.1 Å². The summed E-state index contributed by atoms with van der Waals surface area (Å²) in [6.45, 7) is 0. The lowest BCUT2D eigenvalue weighted by Crippen LogP contribution is -2.00. The standard InChI is InChI=1S/C10H12.C2H2N4/c1-2-6-10-8-4-3-7-9(10)5-1;1-2-4-6-5-3-1/h1-2,5-6H,3-4,7-8H2;1-2H. The van der Waals surface area contributed by atoms with Crippen molar-refractivity contribution in [3.63, 3.8) is 0 Å². The van der Waals surface area contributed by atoms with Gasteiger partial charge in [-0.25, -0.2) is 0 Å². The molecule has 1 aliphatic rings. The third-order valence-electron chi connectivity index (χ3n) is 2.60. The second-order valence-electron chi connectivity index (χ2n) is 3.68. The molecule has 0 amide bonds. The van der Waals surface area contributed by atoms with Crippen LogP contribution in [0.5, 0.6) is 0 Å². The minimum absolute atomic E-state index is 1.30. The molecular formula is C12H14N4. The van der Waals surface area contributed by atoms with E-state index in [9.17, 15) is 0 Å². The fraction of sp³-hybridized carbons (Fsp3) is 0.333. The molecule has 0 bridgehead atoms. The van der Waals surface area contributed by atoms with Crippen molar-refractivity contribution in [1.29, 1.82) is 0 Å². The van der Waals surface area contributed by atoms with Crippen LogP contribution < -0.4 is 0 Å². The molecule has 1 aliphatic carbocycles. The van der Waals surface area contributed by atoms with Gasteiger partial charge in [0.15, 0.2) is 0 Å². The van der Waals surface area contributed by atoms with Gasteiger partial charge in [-0.05, 0) is 47.2 Å². The highest BCUT2D eigenvalue weighted by Gasteiger charge is 2.05. The van der Waals surface area contributed by atoms with Gasteiger partial charge in [0.05, 0.1) is 12.4 Å². The van der Waals surface area contributed by atoms with Crippen LogP contribution in [0.3, 0.4) is 0 Å². The lowest BCUT2D eigenvalue weighted by atomic mass is 9.92. The van der Waals surface area contributed by atoms with E-state index in [4.69, 9.17) is 0 Å². The van der Waals surface area contributed by atoms with Gasteiger partial charge < -0.3 is 0 Å². The fourth-order valence-electron chi connectivity index (χ4n) is 1.84. The van der Waals surface area contributed by atoms with Gasteiger partial charge in [-0.2, -0.15) is 0 Å². The monoisotopic (exact) mass is 214 g/mol. The zero-order chi connectivity index (χ0) is 11.1. The van der Waals surface area contributed by atoms with Gasteiger partial charge in [0.25, 0.3) is 0 Å². The molecule has 16 heavy (non-hydrogen) atoms. The Morgan fingerprint density at radius 3 is 1.62 bits per heavy atom. The average Bonchev–Trinajstić information content (AvgIpc) is 2.42. The molecule has 4 nitrogen and oxygen atoms in total. The van der Waals surface area contributed by atoms with E-state index in [0.717, 1.165) is 0 Å². The SMILES string of the molecule is c1ccc2c(c1)CCCC2.c1cnnnn1. The fourth-order valence-corrected chi connectivity index (χ4v) is 1.84. The first-order valence-corrected chi connectivity index (χ1v) is 5.48. The molecule has 0 aliphatic heterocycles. The van der Waals surface area contributed by atoms with Gasteiger partial charge in [-0.3, -0.25) is 0 Å². The van der Waals surface area contributed by atoms with E-state index in [0.29, 0.717) is 0 Å². The maximum atomic E-state index is 3.36. The van der Waals surface area contributed by atoms with Gasteiger partial charge >= 0.3 is 0 Å². The van der Waals surface area contributed by atoms with Crippen LogP contribution in [-0.2, 0) is 12.8 Å². The Labute approximate surface area is 94.7 Å². The van der Waals surface area contributed by atoms with Gasteiger partial charge in [0.1, 0.15) is 0 Å². The molecule has 4 heteroatoms. The van der Waals surface area contributed by atoms with Gasteiger partial charge in [-0.1, -0.05) is 24.3 Å². The molecule has 0 atom stereocenters. The smallest absolute Gasteiger partial charge is 0.0716 e. The Morgan fingerprint density at radius 1 is 0.750 bits per heavy atom. The van der Waals surface area contributed by atoms with E-state index in [1.807, 2.05) is 0 Å². The molecule has 3 rings (SSSR count). The Morgan fingerprint density at radius 2 is 1.25 bits per heavy atom.